The molecule has 2 N–H and O–H groups in total. The molecule has 0 aliphatic heterocycles. The molecule has 3 atom stereocenters. The smallest absolute Gasteiger partial charge is 0.0555 e. The van der Waals surface area contributed by atoms with Crippen LogP contribution in [0.2, 0.25) is 0 Å². The molecule has 2 rings (SSSR count). The maximum atomic E-state index is 9.77. The topological polar surface area (TPSA) is 32.3 Å². The second kappa shape index (κ2) is 6.06. The van der Waals surface area contributed by atoms with Crippen LogP contribution in [-0.2, 0) is 0 Å². The molecule has 0 bridgehead atoms. The largest absolute Gasteiger partial charge is 0.393 e. The molecule has 0 spiro atoms. The first-order valence-corrected chi connectivity index (χ1v) is 7.49. The first-order chi connectivity index (χ1) is 8.97. The van der Waals surface area contributed by atoms with Crippen molar-refractivity contribution in [2.24, 2.45) is 0 Å². The zero-order valence-corrected chi connectivity index (χ0v) is 12.7. The van der Waals surface area contributed by atoms with Gasteiger partial charge in [-0.25, -0.2) is 0 Å². The van der Waals surface area contributed by atoms with Gasteiger partial charge < -0.3 is 10.4 Å². The highest BCUT2D eigenvalue weighted by Crippen LogP contribution is 2.26. The Hall–Kier alpha value is -0.860. The lowest BCUT2D eigenvalue weighted by Gasteiger charge is -2.30. The quantitative estimate of drug-likeness (QED) is 0.872. The van der Waals surface area contributed by atoms with E-state index < -0.39 is 0 Å². The predicted octanol–water partition coefficient (Wildman–Crippen LogP) is 3.57. The van der Waals surface area contributed by atoms with Crippen LogP contribution in [0.5, 0.6) is 0 Å². The summed E-state index contributed by atoms with van der Waals surface area (Å²) < 4.78 is 0. The summed E-state index contributed by atoms with van der Waals surface area (Å²) in [5, 5.41) is 13.5. The van der Waals surface area contributed by atoms with E-state index in [9.17, 15) is 5.11 Å². The van der Waals surface area contributed by atoms with E-state index in [0.717, 1.165) is 19.3 Å². The van der Waals surface area contributed by atoms with Gasteiger partial charge in [-0.05, 0) is 70.1 Å². The molecule has 1 aromatic carbocycles. The molecular formula is C17H27NO. The van der Waals surface area contributed by atoms with Crippen LogP contribution in [0.15, 0.2) is 12.1 Å². The first-order valence-electron chi connectivity index (χ1n) is 7.49. The van der Waals surface area contributed by atoms with Gasteiger partial charge >= 0.3 is 0 Å². The highest BCUT2D eigenvalue weighted by atomic mass is 16.3. The Morgan fingerprint density at radius 1 is 1.16 bits per heavy atom. The number of aliphatic hydroxyl groups is 1. The van der Waals surface area contributed by atoms with Crippen molar-refractivity contribution in [1.82, 2.24) is 5.32 Å². The Morgan fingerprint density at radius 2 is 1.79 bits per heavy atom. The average Bonchev–Trinajstić information content (AvgIpc) is 2.27. The third-order valence-electron chi connectivity index (χ3n) is 4.30. The molecule has 0 radical (unpaired) electrons. The second-order valence-electron chi connectivity index (χ2n) is 6.22. The Labute approximate surface area is 117 Å². The van der Waals surface area contributed by atoms with Gasteiger partial charge in [-0.3, -0.25) is 0 Å². The number of aliphatic hydroxyl groups excluding tert-OH is 1. The van der Waals surface area contributed by atoms with E-state index in [1.807, 2.05) is 0 Å². The lowest BCUT2D eigenvalue weighted by molar-refractivity contribution is 0.109. The molecule has 0 amide bonds. The summed E-state index contributed by atoms with van der Waals surface area (Å²) in [5.41, 5.74) is 5.49. The van der Waals surface area contributed by atoms with Crippen molar-refractivity contribution in [2.45, 2.75) is 71.6 Å². The summed E-state index contributed by atoms with van der Waals surface area (Å²) in [7, 11) is 0. The van der Waals surface area contributed by atoms with Gasteiger partial charge in [-0.2, -0.15) is 0 Å². The fourth-order valence-electron chi connectivity index (χ4n) is 3.63. The molecule has 1 aliphatic rings. The lowest BCUT2D eigenvalue weighted by atomic mass is 9.90. The highest BCUT2D eigenvalue weighted by Gasteiger charge is 2.22. The van der Waals surface area contributed by atoms with Crippen LogP contribution in [0.4, 0.5) is 0 Å². The summed E-state index contributed by atoms with van der Waals surface area (Å²) in [6.45, 7) is 8.79. The van der Waals surface area contributed by atoms with E-state index in [2.05, 4.69) is 45.1 Å². The number of hydrogen-bond donors (Lipinski definition) is 2. The van der Waals surface area contributed by atoms with Crippen LogP contribution in [-0.4, -0.2) is 17.3 Å². The summed E-state index contributed by atoms with van der Waals surface area (Å²) >= 11 is 0. The minimum absolute atomic E-state index is 0.112. The minimum atomic E-state index is -0.112. The summed E-state index contributed by atoms with van der Waals surface area (Å²) in [6, 6.07) is 5.33. The Bertz CT molecular complexity index is 418. The van der Waals surface area contributed by atoms with E-state index in [0.29, 0.717) is 12.1 Å². The Morgan fingerprint density at radius 3 is 2.37 bits per heavy atom. The molecule has 106 valence electrons. The first kappa shape index (κ1) is 14.5. The van der Waals surface area contributed by atoms with Gasteiger partial charge in [0.25, 0.3) is 0 Å². The third kappa shape index (κ3) is 3.58. The second-order valence-corrected chi connectivity index (χ2v) is 6.22. The van der Waals surface area contributed by atoms with Crippen molar-refractivity contribution in [3.63, 3.8) is 0 Å². The highest BCUT2D eigenvalue weighted by molar-refractivity contribution is 5.39. The van der Waals surface area contributed by atoms with Crippen LogP contribution in [0.25, 0.3) is 0 Å². The zero-order valence-electron chi connectivity index (χ0n) is 12.7. The molecule has 19 heavy (non-hydrogen) atoms. The molecule has 1 aromatic rings. The van der Waals surface area contributed by atoms with Gasteiger partial charge in [0.1, 0.15) is 0 Å². The van der Waals surface area contributed by atoms with Crippen LogP contribution in [0, 0.1) is 20.8 Å². The van der Waals surface area contributed by atoms with Crippen LogP contribution in [0.1, 0.15) is 60.9 Å². The summed E-state index contributed by atoms with van der Waals surface area (Å²) in [6.07, 6.45) is 4.07. The van der Waals surface area contributed by atoms with Crippen LogP contribution in [0.3, 0.4) is 0 Å². The molecule has 2 nitrogen and oxygen atoms in total. The number of rotatable bonds is 3. The molecule has 0 aromatic heterocycles. The molecule has 1 fully saturated rings. The van der Waals surface area contributed by atoms with E-state index in [1.54, 1.807) is 0 Å². The zero-order chi connectivity index (χ0) is 14.0. The van der Waals surface area contributed by atoms with Crippen molar-refractivity contribution in [1.29, 1.82) is 0 Å². The van der Waals surface area contributed by atoms with E-state index in [1.165, 1.54) is 28.7 Å². The number of nitrogens with one attached hydrogen (secondary N) is 1. The van der Waals surface area contributed by atoms with Crippen molar-refractivity contribution >= 4 is 0 Å². The minimum Gasteiger partial charge on any atom is -0.393 e. The fourth-order valence-corrected chi connectivity index (χ4v) is 3.63. The maximum Gasteiger partial charge on any atom is 0.0555 e. The maximum absolute atomic E-state index is 9.77. The SMILES string of the molecule is Cc1cc(C)c(C(C)NC2CCCC(O)C2)c(C)c1. The lowest BCUT2D eigenvalue weighted by Crippen LogP contribution is -2.37. The molecule has 0 heterocycles. The normalized spacial score (nSPS) is 25.3. The molecule has 3 unspecified atom stereocenters. The third-order valence-corrected chi connectivity index (χ3v) is 4.30. The van der Waals surface area contributed by atoms with Crippen molar-refractivity contribution < 1.29 is 5.11 Å². The van der Waals surface area contributed by atoms with Gasteiger partial charge in [0, 0.05) is 12.1 Å². The molecule has 0 saturated heterocycles. The van der Waals surface area contributed by atoms with Gasteiger partial charge in [0.15, 0.2) is 0 Å². The van der Waals surface area contributed by atoms with E-state index in [4.69, 9.17) is 0 Å². The standard InChI is InChI=1S/C17H27NO/c1-11-8-12(2)17(13(3)9-11)14(4)18-15-6-5-7-16(19)10-15/h8-9,14-16,18-19H,5-7,10H2,1-4H3. The van der Waals surface area contributed by atoms with E-state index >= 15 is 0 Å². The van der Waals surface area contributed by atoms with Gasteiger partial charge in [-0.1, -0.05) is 17.7 Å². The molecule has 1 saturated carbocycles. The van der Waals surface area contributed by atoms with Gasteiger partial charge in [0.05, 0.1) is 6.10 Å². The average molecular weight is 261 g/mol. The van der Waals surface area contributed by atoms with Crippen molar-refractivity contribution in [3.8, 4) is 0 Å². The monoisotopic (exact) mass is 261 g/mol. The summed E-state index contributed by atoms with van der Waals surface area (Å²) in [5.74, 6) is 0. The van der Waals surface area contributed by atoms with Gasteiger partial charge in [-0.15, -0.1) is 0 Å². The Kier molecular flexibility index (Phi) is 4.64. The van der Waals surface area contributed by atoms with Gasteiger partial charge in [0.2, 0.25) is 0 Å². The fraction of sp³-hybridized carbons (Fsp3) is 0.647. The Balaban J connectivity index is 2.09. The van der Waals surface area contributed by atoms with E-state index in [-0.39, 0.29) is 6.10 Å². The van der Waals surface area contributed by atoms with Crippen molar-refractivity contribution in [2.75, 3.05) is 0 Å². The predicted molar refractivity (Wildman–Crippen MR) is 80.5 cm³/mol. The number of benzene rings is 1. The molecule has 2 heteroatoms. The molecule has 1 aliphatic carbocycles. The number of hydrogen-bond acceptors (Lipinski definition) is 2. The van der Waals surface area contributed by atoms with Crippen molar-refractivity contribution in [3.05, 3.63) is 34.4 Å². The number of aryl methyl sites for hydroxylation is 3. The van der Waals surface area contributed by atoms with Crippen LogP contribution >= 0.6 is 0 Å². The summed E-state index contributed by atoms with van der Waals surface area (Å²) in [4.78, 5) is 0. The molecular weight excluding hydrogens is 234 g/mol. The van der Waals surface area contributed by atoms with Crippen LogP contribution < -0.4 is 5.32 Å².